The summed E-state index contributed by atoms with van der Waals surface area (Å²) in [4.78, 5) is 34.4. The van der Waals surface area contributed by atoms with Gasteiger partial charge in [0, 0.05) is 59.4 Å². The molecule has 2 aromatic carbocycles. The molecule has 5 atom stereocenters. The highest BCUT2D eigenvalue weighted by Crippen LogP contribution is 2.35. The SMILES string of the molecule is Cc1csc([C@H]2CCCN2C(=O)c2cc(C(=O)N[C@@H](Cc3ccccc3)[C@H](O)[C@H]3C[C@H](F)CN3)cc(-n3cccc3)c2)n1. The van der Waals surface area contributed by atoms with Gasteiger partial charge < -0.3 is 25.2 Å². The normalized spacial score (nSPS) is 21.6. The molecule has 0 radical (unpaired) electrons. The van der Waals surface area contributed by atoms with Gasteiger partial charge in [-0.05, 0) is 68.5 Å². The Morgan fingerprint density at radius 1 is 1.14 bits per heavy atom. The Balaban J connectivity index is 1.30. The molecule has 43 heavy (non-hydrogen) atoms. The average molecular weight is 602 g/mol. The van der Waals surface area contributed by atoms with Crippen molar-refractivity contribution in [2.75, 3.05) is 13.1 Å². The van der Waals surface area contributed by atoms with Crippen LogP contribution in [-0.4, -0.2) is 68.8 Å². The summed E-state index contributed by atoms with van der Waals surface area (Å²) in [7, 11) is 0. The van der Waals surface area contributed by atoms with Crippen LogP contribution in [0.2, 0.25) is 0 Å². The number of aliphatic hydroxyl groups excluding tert-OH is 1. The molecule has 0 bridgehead atoms. The Kier molecular flexibility index (Phi) is 8.69. The number of aliphatic hydroxyl groups is 1. The van der Waals surface area contributed by atoms with Crippen LogP contribution in [0.3, 0.4) is 0 Å². The van der Waals surface area contributed by atoms with E-state index in [1.807, 2.05) is 82.7 Å². The van der Waals surface area contributed by atoms with Gasteiger partial charge in [0.25, 0.3) is 11.8 Å². The van der Waals surface area contributed by atoms with E-state index in [2.05, 4.69) is 15.6 Å². The maximum absolute atomic E-state index is 14.0. The summed E-state index contributed by atoms with van der Waals surface area (Å²) in [5.41, 5.74) is 3.28. The predicted molar refractivity (Wildman–Crippen MR) is 164 cm³/mol. The van der Waals surface area contributed by atoms with E-state index < -0.39 is 30.3 Å². The minimum atomic E-state index is -1.04. The summed E-state index contributed by atoms with van der Waals surface area (Å²) < 4.78 is 15.9. The van der Waals surface area contributed by atoms with Gasteiger partial charge in [-0.2, -0.15) is 0 Å². The lowest BCUT2D eigenvalue weighted by molar-refractivity contribution is 0.0728. The summed E-state index contributed by atoms with van der Waals surface area (Å²) in [5.74, 6) is -0.560. The molecular formula is C33H36FN5O3S. The van der Waals surface area contributed by atoms with Crippen LogP contribution in [-0.2, 0) is 6.42 Å². The standard InChI is InChI=1S/C33H36FN5O3S/c1-21-20-43-32(36-21)29-10-7-13-39(29)33(42)24-15-23(16-26(17-24)38-11-5-6-12-38)31(41)37-28(14-22-8-3-2-4-9-22)30(40)27-18-25(34)19-35-27/h2-6,8-9,11-12,15-17,20,25,27-30,35,40H,7,10,13-14,18-19H2,1H3,(H,37,41)/t25-,27+,28-,29+,30+/m0/s1. The van der Waals surface area contributed by atoms with Crippen LogP contribution < -0.4 is 10.6 Å². The lowest BCUT2D eigenvalue weighted by Gasteiger charge is -2.29. The third-order valence-electron chi connectivity index (χ3n) is 8.32. The Morgan fingerprint density at radius 3 is 2.60 bits per heavy atom. The number of aromatic nitrogens is 2. The number of alkyl halides is 1. The van der Waals surface area contributed by atoms with Gasteiger partial charge in [0.2, 0.25) is 0 Å². The number of amides is 2. The van der Waals surface area contributed by atoms with Crippen molar-refractivity contribution in [1.82, 2.24) is 25.1 Å². The Morgan fingerprint density at radius 2 is 1.91 bits per heavy atom. The van der Waals surface area contributed by atoms with E-state index in [0.717, 1.165) is 29.1 Å². The molecule has 2 fully saturated rings. The summed E-state index contributed by atoms with van der Waals surface area (Å²) in [6, 6.07) is 17.3. The van der Waals surface area contributed by atoms with Crippen molar-refractivity contribution >= 4 is 23.2 Å². The summed E-state index contributed by atoms with van der Waals surface area (Å²) >= 11 is 1.57. The van der Waals surface area contributed by atoms with Crippen molar-refractivity contribution in [3.63, 3.8) is 0 Å². The molecule has 2 saturated heterocycles. The fraction of sp³-hybridized carbons (Fsp3) is 0.364. The number of nitrogens with one attached hydrogen (secondary N) is 2. The summed E-state index contributed by atoms with van der Waals surface area (Å²) in [5, 5.41) is 20.3. The van der Waals surface area contributed by atoms with Crippen LogP contribution in [0.5, 0.6) is 0 Å². The van der Waals surface area contributed by atoms with Crippen LogP contribution in [0.1, 0.15) is 62.3 Å². The van der Waals surface area contributed by atoms with Crippen molar-refractivity contribution in [3.05, 3.63) is 106 Å². The minimum Gasteiger partial charge on any atom is -0.389 e. The molecule has 8 nitrogen and oxygen atoms in total. The Hall–Kier alpha value is -3.86. The molecule has 10 heteroatoms. The van der Waals surface area contributed by atoms with Crippen molar-refractivity contribution < 1.29 is 19.1 Å². The number of aryl methyl sites for hydroxylation is 1. The molecule has 3 N–H and O–H groups in total. The van der Waals surface area contributed by atoms with Gasteiger partial charge in [0.1, 0.15) is 11.2 Å². The van der Waals surface area contributed by atoms with Crippen molar-refractivity contribution in [1.29, 1.82) is 0 Å². The first kappa shape index (κ1) is 29.2. The largest absolute Gasteiger partial charge is 0.389 e. The molecule has 4 heterocycles. The number of hydrogen-bond acceptors (Lipinski definition) is 6. The Bertz CT molecular complexity index is 1560. The molecule has 0 saturated carbocycles. The highest BCUT2D eigenvalue weighted by atomic mass is 32.1. The van der Waals surface area contributed by atoms with E-state index in [1.165, 1.54) is 0 Å². The maximum atomic E-state index is 14.0. The van der Waals surface area contributed by atoms with Crippen LogP contribution in [0.4, 0.5) is 4.39 Å². The first-order valence-corrected chi connectivity index (χ1v) is 15.7. The highest BCUT2D eigenvalue weighted by Gasteiger charge is 2.36. The molecule has 2 aliphatic rings. The van der Waals surface area contributed by atoms with Gasteiger partial charge in [0.05, 0.1) is 18.2 Å². The summed E-state index contributed by atoms with van der Waals surface area (Å²) in [6.45, 7) is 2.75. The van der Waals surface area contributed by atoms with Crippen molar-refractivity contribution in [2.45, 2.75) is 63.0 Å². The lowest BCUT2D eigenvalue weighted by Crippen LogP contribution is -2.52. The van der Waals surface area contributed by atoms with Crippen molar-refractivity contribution in [3.8, 4) is 5.69 Å². The quantitative estimate of drug-likeness (QED) is 0.260. The number of hydrogen-bond donors (Lipinski definition) is 3. The number of benzene rings is 2. The number of halogens is 1. The zero-order valence-electron chi connectivity index (χ0n) is 24.0. The third-order valence-corrected chi connectivity index (χ3v) is 9.38. The number of likely N-dealkylation sites (tertiary alicyclic amines) is 1. The van der Waals surface area contributed by atoms with Gasteiger partial charge >= 0.3 is 0 Å². The number of thiazole rings is 1. The smallest absolute Gasteiger partial charge is 0.254 e. The zero-order valence-corrected chi connectivity index (χ0v) is 24.8. The Labute approximate surface area is 254 Å². The molecular weight excluding hydrogens is 565 g/mol. The fourth-order valence-corrected chi connectivity index (χ4v) is 7.06. The number of carbonyl (C=O) groups excluding carboxylic acids is 2. The number of rotatable bonds is 9. The molecule has 0 spiro atoms. The first-order valence-electron chi connectivity index (χ1n) is 14.8. The van der Waals surface area contributed by atoms with Crippen molar-refractivity contribution in [2.24, 2.45) is 0 Å². The van der Waals surface area contributed by atoms with E-state index in [9.17, 15) is 19.1 Å². The van der Waals surface area contributed by atoms with Gasteiger partial charge in [0.15, 0.2) is 0 Å². The van der Waals surface area contributed by atoms with Gasteiger partial charge in [-0.15, -0.1) is 11.3 Å². The van der Waals surface area contributed by atoms with E-state index >= 15 is 0 Å². The monoisotopic (exact) mass is 601 g/mol. The van der Waals surface area contributed by atoms with Gasteiger partial charge in [-0.25, -0.2) is 9.37 Å². The minimum absolute atomic E-state index is 0.0950. The number of carbonyl (C=O) groups is 2. The molecule has 2 aromatic heterocycles. The molecule has 6 rings (SSSR count). The first-order chi connectivity index (χ1) is 20.9. The summed E-state index contributed by atoms with van der Waals surface area (Å²) in [6.07, 6.45) is 3.96. The molecule has 0 aliphatic carbocycles. The van der Waals surface area contributed by atoms with E-state index in [-0.39, 0.29) is 24.9 Å². The predicted octanol–water partition coefficient (Wildman–Crippen LogP) is 4.62. The number of nitrogens with zero attached hydrogens (tertiary/aromatic N) is 3. The lowest BCUT2D eigenvalue weighted by atomic mass is 9.94. The van der Waals surface area contributed by atoms with E-state index in [0.29, 0.717) is 29.8 Å². The molecule has 0 unspecified atom stereocenters. The van der Waals surface area contributed by atoms with E-state index in [4.69, 9.17) is 0 Å². The van der Waals surface area contributed by atoms with Gasteiger partial charge in [-0.3, -0.25) is 9.59 Å². The van der Waals surface area contributed by atoms with E-state index in [1.54, 1.807) is 23.5 Å². The van der Waals surface area contributed by atoms with Crippen LogP contribution in [0, 0.1) is 6.92 Å². The van der Waals surface area contributed by atoms with Crippen LogP contribution in [0.25, 0.3) is 5.69 Å². The second-order valence-corrected chi connectivity index (χ2v) is 12.3. The topological polar surface area (TPSA) is 99.5 Å². The molecule has 2 amide bonds. The molecule has 224 valence electrons. The van der Waals surface area contributed by atoms with Crippen LogP contribution in [0.15, 0.2) is 78.4 Å². The second-order valence-electron chi connectivity index (χ2n) is 11.5. The fourth-order valence-electron chi connectivity index (χ4n) is 6.12. The van der Waals surface area contributed by atoms with Crippen LogP contribution >= 0.6 is 11.3 Å². The third kappa shape index (κ3) is 6.56. The zero-order chi connectivity index (χ0) is 29.9. The highest BCUT2D eigenvalue weighted by molar-refractivity contribution is 7.09. The molecule has 2 aliphatic heterocycles. The average Bonchev–Trinajstić information content (AvgIpc) is 3.84. The molecule has 4 aromatic rings. The second kappa shape index (κ2) is 12.8. The maximum Gasteiger partial charge on any atom is 0.254 e. The van der Waals surface area contributed by atoms with Gasteiger partial charge in [-0.1, -0.05) is 30.3 Å².